The zero-order chi connectivity index (χ0) is 19.0. The van der Waals surface area contributed by atoms with Crippen LogP contribution in [0.3, 0.4) is 0 Å². The number of thiocarbonyl (C=S) groups is 1. The van der Waals surface area contributed by atoms with Gasteiger partial charge in [0.05, 0.1) is 17.7 Å². The SMILES string of the molecule is Cc1cc(-c2ccc(/C=C3/SC(=S)N(Cc4ccco4)C3=O)o2)ccc1Cl. The third-order valence-corrected chi connectivity index (χ3v) is 5.91. The molecule has 0 spiro atoms. The Balaban J connectivity index is 1.55. The molecule has 7 heteroatoms. The number of furan rings is 2. The lowest BCUT2D eigenvalue weighted by atomic mass is 10.1. The van der Waals surface area contributed by atoms with E-state index in [1.807, 2.05) is 43.3 Å². The average molecular weight is 416 g/mol. The summed E-state index contributed by atoms with van der Waals surface area (Å²) in [7, 11) is 0. The Labute approximate surface area is 170 Å². The minimum Gasteiger partial charge on any atom is -0.467 e. The van der Waals surface area contributed by atoms with Gasteiger partial charge in [0, 0.05) is 16.7 Å². The summed E-state index contributed by atoms with van der Waals surface area (Å²) >= 11 is 12.7. The summed E-state index contributed by atoms with van der Waals surface area (Å²) in [6.07, 6.45) is 3.29. The molecule has 1 saturated heterocycles. The van der Waals surface area contributed by atoms with Gasteiger partial charge in [0.1, 0.15) is 21.6 Å². The Bertz CT molecular complexity index is 1050. The van der Waals surface area contributed by atoms with Crippen LogP contribution in [-0.4, -0.2) is 15.1 Å². The molecular formula is C20H14ClNO3S2. The largest absolute Gasteiger partial charge is 0.467 e. The van der Waals surface area contributed by atoms with Crippen molar-refractivity contribution in [3.05, 3.63) is 75.7 Å². The van der Waals surface area contributed by atoms with E-state index in [9.17, 15) is 4.79 Å². The Morgan fingerprint density at radius 3 is 2.85 bits per heavy atom. The number of amides is 1. The second kappa shape index (κ2) is 7.38. The molecule has 4 nitrogen and oxygen atoms in total. The van der Waals surface area contributed by atoms with E-state index < -0.39 is 0 Å². The number of thioether (sulfide) groups is 1. The Hall–Kier alpha value is -2.28. The van der Waals surface area contributed by atoms with Crippen LogP contribution >= 0.6 is 35.6 Å². The number of halogens is 1. The van der Waals surface area contributed by atoms with Crippen molar-refractivity contribution < 1.29 is 13.6 Å². The standard InChI is InChI=1S/C20H14ClNO3S2/c1-12-9-13(4-6-16(12)21)17-7-5-14(25-17)10-18-19(23)22(20(26)27-18)11-15-3-2-8-24-15/h2-10H,11H2,1H3/b18-10+. The molecule has 1 amide bonds. The molecule has 3 heterocycles. The molecule has 0 unspecified atom stereocenters. The van der Waals surface area contributed by atoms with Gasteiger partial charge in [0.15, 0.2) is 0 Å². The smallest absolute Gasteiger partial charge is 0.266 e. The topological polar surface area (TPSA) is 46.6 Å². The van der Waals surface area contributed by atoms with Crippen LogP contribution in [0.25, 0.3) is 17.4 Å². The van der Waals surface area contributed by atoms with Crippen molar-refractivity contribution in [2.24, 2.45) is 0 Å². The molecule has 1 aliphatic heterocycles. The summed E-state index contributed by atoms with van der Waals surface area (Å²) in [5.41, 5.74) is 1.91. The third-order valence-electron chi connectivity index (χ3n) is 4.11. The quantitative estimate of drug-likeness (QED) is 0.392. The molecule has 27 heavy (non-hydrogen) atoms. The van der Waals surface area contributed by atoms with E-state index in [2.05, 4.69) is 0 Å². The highest BCUT2D eigenvalue weighted by molar-refractivity contribution is 8.26. The van der Waals surface area contributed by atoms with Gasteiger partial charge in [-0.2, -0.15) is 0 Å². The first kappa shape index (κ1) is 18.1. The number of nitrogens with zero attached hydrogens (tertiary/aromatic N) is 1. The van der Waals surface area contributed by atoms with E-state index in [0.29, 0.717) is 38.1 Å². The maximum atomic E-state index is 12.7. The lowest BCUT2D eigenvalue weighted by Crippen LogP contribution is -2.27. The minimum atomic E-state index is -0.151. The van der Waals surface area contributed by atoms with Gasteiger partial charge in [-0.05, 0) is 55.0 Å². The number of hydrogen-bond acceptors (Lipinski definition) is 5. The van der Waals surface area contributed by atoms with Crippen molar-refractivity contribution in [3.8, 4) is 11.3 Å². The first-order chi connectivity index (χ1) is 13.0. The monoisotopic (exact) mass is 415 g/mol. The van der Waals surface area contributed by atoms with Crippen LogP contribution in [0.1, 0.15) is 17.1 Å². The van der Waals surface area contributed by atoms with Crippen molar-refractivity contribution in [2.75, 3.05) is 0 Å². The van der Waals surface area contributed by atoms with Crippen LogP contribution in [-0.2, 0) is 11.3 Å². The Morgan fingerprint density at radius 2 is 2.11 bits per heavy atom. The summed E-state index contributed by atoms with van der Waals surface area (Å²) in [5, 5.41) is 0.714. The second-order valence-electron chi connectivity index (χ2n) is 6.01. The lowest BCUT2D eigenvalue weighted by molar-refractivity contribution is -0.122. The van der Waals surface area contributed by atoms with Gasteiger partial charge in [0.2, 0.25) is 0 Å². The van der Waals surface area contributed by atoms with Crippen LogP contribution in [0.15, 0.2) is 62.5 Å². The van der Waals surface area contributed by atoms with E-state index in [1.54, 1.807) is 18.4 Å². The van der Waals surface area contributed by atoms with Crippen LogP contribution in [0.4, 0.5) is 0 Å². The molecule has 1 fully saturated rings. The van der Waals surface area contributed by atoms with Crippen molar-refractivity contribution in [3.63, 3.8) is 0 Å². The summed E-state index contributed by atoms with van der Waals surface area (Å²) in [6.45, 7) is 2.27. The zero-order valence-corrected chi connectivity index (χ0v) is 16.7. The molecule has 1 aromatic carbocycles. The van der Waals surface area contributed by atoms with E-state index >= 15 is 0 Å². The molecule has 1 aliphatic rings. The molecule has 2 aromatic heterocycles. The zero-order valence-electron chi connectivity index (χ0n) is 14.3. The van der Waals surface area contributed by atoms with Gasteiger partial charge in [-0.25, -0.2) is 0 Å². The van der Waals surface area contributed by atoms with Gasteiger partial charge in [0.25, 0.3) is 5.91 Å². The maximum absolute atomic E-state index is 12.7. The molecule has 0 atom stereocenters. The van der Waals surface area contributed by atoms with E-state index in [0.717, 1.165) is 11.1 Å². The van der Waals surface area contributed by atoms with Crippen molar-refractivity contribution >= 4 is 51.9 Å². The number of carbonyl (C=O) groups excluding carboxylic acids is 1. The van der Waals surface area contributed by atoms with E-state index in [-0.39, 0.29) is 5.91 Å². The molecule has 3 aromatic rings. The fourth-order valence-corrected chi connectivity index (χ4v) is 4.06. The van der Waals surface area contributed by atoms with Gasteiger partial charge in [-0.1, -0.05) is 35.6 Å². The van der Waals surface area contributed by atoms with Gasteiger partial charge in [-0.15, -0.1) is 0 Å². The Kier molecular flexibility index (Phi) is 4.95. The minimum absolute atomic E-state index is 0.151. The van der Waals surface area contributed by atoms with Gasteiger partial charge >= 0.3 is 0 Å². The Morgan fingerprint density at radius 1 is 1.26 bits per heavy atom. The highest BCUT2D eigenvalue weighted by Crippen LogP contribution is 2.35. The van der Waals surface area contributed by atoms with E-state index in [1.165, 1.54) is 16.7 Å². The molecule has 0 bridgehead atoms. The third kappa shape index (κ3) is 3.74. The van der Waals surface area contributed by atoms with Crippen LogP contribution in [0.2, 0.25) is 5.02 Å². The number of hydrogen-bond donors (Lipinski definition) is 0. The number of rotatable bonds is 4. The summed E-state index contributed by atoms with van der Waals surface area (Å²) < 4.78 is 11.7. The van der Waals surface area contributed by atoms with Crippen molar-refractivity contribution in [2.45, 2.75) is 13.5 Å². The molecule has 136 valence electrons. The molecule has 0 aliphatic carbocycles. The fourth-order valence-electron chi connectivity index (χ4n) is 2.71. The summed E-state index contributed by atoms with van der Waals surface area (Å²) in [6, 6.07) is 13.0. The first-order valence-corrected chi connectivity index (χ1v) is 9.75. The molecule has 0 N–H and O–H groups in total. The molecule has 4 rings (SSSR count). The highest BCUT2D eigenvalue weighted by atomic mass is 35.5. The van der Waals surface area contributed by atoms with Crippen LogP contribution in [0, 0.1) is 6.92 Å². The molecular weight excluding hydrogens is 402 g/mol. The van der Waals surface area contributed by atoms with Gasteiger partial charge in [-0.3, -0.25) is 9.69 Å². The second-order valence-corrected chi connectivity index (χ2v) is 8.10. The summed E-state index contributed by atoms with van der Waals surface area (Å²) in [4.78, 5) is 14.7. The van der Waals surface area contributed by atoms with Crippen LogP contribution in [0.5, 0.6) is 0 Å². The van der Waals surface area contributed by atoms with Crippen LogP contribution < -0.4 is 0 Å². The molecule has 0 radical (unpaired) electrons. The molecule has 0 saturated carbocycles. The lowest BCUT2D eigenvalue weighted by Gasteiger charge is -2.11. The number of aryl methyl sites for hydroxylation is 1. The fraction of sp³-hybridized carbons (Fsp3) is 0.100. The number of benzene rings is 1. The van der Waals surface area contributed by atoms with E-state index in [4.69, 9.17) is 32.7 Å². The first-order valence-electron chi connectivity index (χ1n) is 8.15. The maximum Gasteiger partial charge on any atom is 0.266 e. The average Bonchev–Trinajstić information content (AvgIpc) is 3.37. The van der Waals surface area contributed by atoms with Crippen molar-refractivity contribution in [1.29, 1.82) is 0 Å². The predicted molar refractivity (Wildman–Crippen MR) is 111 cm³/mol. The predicted octanol–water partition coefficient (Wildman–Crippen LogP) is 5.90. The normalized spacial score (nSPS) is 15.9. The summed E-state index contributed by atoms with van der Waals surface area (Å²) in [5.74, 6) is 1.84. The number of carbonyl (C=O) groups is 1. The van der Waals surface area contributed by atoms with Crippen molar-refractivity contribution in [1.82, 2.24) is 4.90 Å². The highest BCUT2D eigenvalue weighted by Gasteiger charge is 2.32. The van der Waals surface area contributed by atoms with Gasteiger partial charge < -0.3 is 8.83 Å².